The molecule has 2 aromatic rings. The van der Waals surface area contributed by atoms with Gasteiger partial charge in [-0.3, -0.25) is 23.4 Å². The molecule has 1 amide bonds. The zero-order valence-corrected chi connectivity index (χ0v) is 21.5. The molecular weight excluding hydrogens is 491 g/mol. The van der Waals surface area contributed by atoms with E-state index in [-0.39, 0.29) is 4.88 Å². The van der Waals surface area contributed by atoms with E-state index >= 15 is 8.78 Å². The van der Waals surface area contributed by atoms with Crippen molar-refractivity contribution in [2.24, 2.45) is 16.6 Å². The Balaban J connectivity index is 2.25. The van der Waals surface area contributed by atoms with Crippen LogP contribution in [0.4, 0.5) is 8.78 Å². The van der Waals surface area contributed by atoms with Crippen molar-refractivity contribution in [3.05, 3.63) is 34.7 Å². The Kier molecular flexibility index (Phi) is 8.74. The Morgan fingerprint density at radius 1 is 0.912 bits per heavy atom. The van der Waals surface area contributed by atoms with Crippen LogP contribution in [0.3, 0.4) is 0 Å². The van der Waals surface area contributed by atoms with Crippen LogP contribution in [0.25, 0.3) is 10.1 Å². The van der Waals surface area contributed by atoms with E-state index in [9.17, 15) is 14.4 Å². The fourth-order valence-corrected chi connectivity index (χ4v) is 4.29. The summed E-state index contributed by atoms with van der Waals surface area (Å²) in [5.41, 5.74) is -0.584. The molecule has 1 heterocycles. The highest BCUT2D eigenvalue weighted by atomic mass is 32.1. The third-order valence-corrected chi connectivity index (χ3v) is 6.81. The van der Waals surface area contributed by atoms with Crippen molar-refractivity contribution >= 4 is 47.6 Å². The summed E-state index contributed by atoms with van der Waals surface area (Å²) in [5.74, 6) is -1.96. The minimum atomic E-state index is -3.68. The summed E-state index contributed by atoms with van der Waals surface area (Å²) in [6.07, 6.45) is 0. The van der Waals surface area contributed by atoms with Crippen LogP contribution in [0.15, 0.2) is 24.3 Å². The van der Waals surface area contributed by atoms with E-state index in [0.717, 1.165) is 11.3 Å². The number of ether oxygens (including phenoxy) is 2. The molecule has 0 unspecified atom stereocenters. The first-order valence-electron chi connectivity index (χ1n) is 10.2. The fourth-order valence-electron chi connectivity index (χ4n) is 2.35. The maximum atomic E-state index is 15.4. The molecule has 2 rings (SSSR count). The number of primary amides is 1. The van der Waals surface area contributed by atoms with Crippen LogP contribution in [-0.2, 0) is 33.8 Å². The van der Waals surface area contributed by atoms with E-state index in [4.69, 9.17) is 24.3 Å². The number of hydrogen-bond acceptors (Lipinski definition) is 8. The van der Waals surface area contributed by atoms with E-state index in [0.29, 0.717) is 10.1 Å². The number of alkyl halides is 2. The minimum absolute atomic E-state index is 0.230. The molecule has 0 fully saturated rings. The normalized spacial score (nSPS) is 12.7. The average Bonchev–Trinajstić information content (AvgIpc) is 3.14. The molecule has 0 aliphatic carbocycles. The smallest absolute Gasteiger partial charge is 0.340 e. The Bertz CT molecular complexity index is 1030. The highest BCUT2D eigenvalue weighted by Gasteiger charge is 2.46. The number of benzene rings is 1. The standard InChI is InChI=1S/C22H28F2NO7PS/c1-20(2,3)18(27)29-11-31-33(32-12-30-19(28)21(4,5)6)22(23,24)14-7-8-15-13(9-14)10-16(34-15)17(25)26/h7-10H,11-12H2,1-6H3,(H2,25,26). The summed E-state index contributed by atoms with van der Waals surface area (Å²) < 4.78 is 51.6. The molecule has 1 aromatic heterocycles. The molecule has 0 aliphatic heterocycles. The van der Waals surface area contributed by atoms with E-state index < -0.39 is 61.9 Å². The first-order chi connectivity index (χ1) is 15.5. The second-order valence-corrected chi connectivity index (χ2v) is 12.1. The maximum absolute atomic E-state index is 15.4. The van der Waals surface area contributed by atoms with Crippen LogP contribution in [0.2, 0.25) is 0 Å². The second kappa shape index (κ2) is 10.6. The molecule has 1 aromatic carbocycles. The Labute approximate surface area is 201 Å². The van der Waals surface area contributed by atoms with Gasteiger partial charge < -0.3 is 15.2 Å². The molecule has 188 valence electrons. The summed E-state index contributed by atoms with van der Waals surface area (Å²) in [4.78, 5) is 35.6. The molecule has 0 bridgehead atoms. The molecule has 12 heteroatoms. The van der Waals surface area contributed by atoms with Gasteiger partial charge in [0.1, 0.15) is 0 Å². The lowest BCUT2D eigenvalue weighted by Crippen LogP contribution is -2.25. The van der Waals surface area contributed by atoms with Crippen LogP contribution in [0, 0.1) is 10.8 Å². The number of fused-ring (bicyclic) bond motifs is 1. The third-order valence-electron chi connectivity index (χ3n) is 4.28. The van der Waals surface area contributed by atoms with Crippen molar-refractivity contribution in [3.63, 3.8) is 0 Å². The van der Waals surface area contributed by atoms with Crippen molar-refractivity contribution in [1.29, 1.82) is 0 Å². The predicted octanol–water partition coefficient (Wildman–Crippen LogP) is 5.49. The largest absolute Gasteiger partial charge is 0.438 e. The van der Waals surface area contributed by atoms with Crippen molar-refractivity contribution < 1.29 is 41.7 Å². The fraction of sp³-hybridized carbons (Fsp3) is 0.500. The maximum Gasteiger partial charge on any atom is 0.340 e. The van der Waals surface area contributed by atoms with Crippen LogP contribution in [0.5, 0.6) is 0 Å². The van der Waals surface area contributed by atoms with Gasteiger partial charge in [0.05, 0.1) is 15.7 Å². The van der Waals surface area contributed by atoms with Crippen LogP contribution < -0.4 is 5.73 Å². The molecule has 0 spiro atoms. The lowest BCUT2D eigenvalue weighted by atomic mass is 9.98. The summed E-state index contributed by atoms with van der Waals surface area (Å²) in [5, 5.41) is 0.393. The average molecular weight is 520 g/mol. The van der Waals surface area contributed by atoms with Gasteiger partial charge in [-0.05, 0) is 65.1 Å². The van der Waals surface area contributed by atoms with E-state index in [1.54, 1.807) is 41.5 Å². The van der Waals surface area contributed by atoms with Crippen molar-refractivity contribution in [2.75, 3.05) is 13.6 Å². The van der Waals surface area contributed by atoms with Crippen molar-refractivity contribution in [2.45, 2.75) is 47.2 Å². The molecule has 0 radical (unpaired) electrons. The van der Waals surface area contributed by atoms with E-state index in [1.165, 1.54) is 24.3 Å². The van der Waals surface area contributed by atoms with Crippen molar-refractivity contribution in [1.82, 2.24) is 0 Å². The molecular formula is C22H28F2NO7PS. The number of rotatable bonds is 9. The molecule has 34 heavy (non-hydrogen) atoms. The van der Waals surface area contributed by atoms with Crippen molar-refractivity contribution in [3.8, 4) is 0 Å². The van der Waals surface area contributed by atoms with Gasteiger partial charge in [0, 0.05) is 10.3 Å². The zero-order chi connectivity index (χ0) is 25.9. The van der Waals surface area contributed by atoms with Gasteiger partial charge in [0.25, 0.3) is 14.3 Å². The molecule has 0 aliphatic rings. The molecule has 2 N–H and O–H groups in total. The van der Waals surface area contributed by atoms with Gasteiger partial charge in [0.15, 0.2) is 13.6 Å². The lowest BCUT2D eigenvalue weighted by Gasteiger charge is -2.27. The first-order valence-corrected chi connectivity index (χ1v) is 12.1. The number of halogens is 2. The number of carbonyl (C=O) groups excluding carboxylic acids is 3. The second-order valence-electron chi connectivity index (χ2n) is 9.38. The molecule has 0 atom stereocenters. The third kappa shape index (κ3) is 7.15. The van der Waals surface area contributed by atoms with Gasteiger partial charge in [-0.25, -0.2) is 0 Å². The van der Waals surface area contributed by atoms with Gasteiger partial charge in [-0.15, -0.1) is 11.3 Å². The summed E-state index contributed by atoms with van der Waals surface area (Å²) in [7, 11) is -3.05. The predicted molar refractivity (Wildman–Crippen MR) is 124 cm³/mol. The number of hydrogen-bond donors (Lipinski definition) is 1. The molecule has 8 nitrogen and oxygen atoms in total. The lowest BCUT2D eigenvalue weighted by molar-refractivity contribution is -0.162. The number of nitrogens with two attached hydrogens (primary N) is 1. The Morgan fingerprint density at radius 3 is 1.85 bits per heavy atom. The monoisotopic (exact) mass is 519 g/mol. The number of esters is 2. The SMILES string of the molecule is CC(C)(C)C(=O)OCOP(OCOC(=O)C(C)(C)C)C(F)(F)c1ccc2sc(C(N)=O)cc2c1. The van der Waals surface area contributed by atoms with Crippen LogP contribution in [0.1, 0.15) is 56.8 Å². The van der Waals surface area contributed by atoms with E-state index in [2.05, 4.69) is 0 Å². The number of carbonyl (C=O) groups is 3. The number of amides is 1. The van der Waals surface area contributed by atoms with Crippen LogP contribution in [-0.4, -0.2) is 31.4 Å². The molecule has 0 saturated carbocycles. The molecule has 0 saturated heterocycles. The minimum Gasteiger partial charge on any atom is -0.438 e. The Morgan fingerprint density at radius 2 is 1.41 bits per heavy atom. The summed E-state index contributed by atoms with van der Waals surface area (Å²) in [6.45, 7) is 8.06. The quantitative estimate of drug-likeness (QED) is 0.265. The van der Waals surface area contributed by atoms with E-state index in [1.807, 2.05) is 0 Å². The van der Waals surface area contributed by atoms with Gasteiger partial charge >= 0.3 is 17.6 Å². The van der Waals surface area contributed by atoms with Gasteiger partial charge in [-0.2, -0.15) is 8.78 Å². The topological polar surface area (TPSA) is 114 Å². The number of thiophene rings is 1. The Hall–Kier alpha value is -2.20. The highest BCUT2D eigenvalue weighted by Crippen LogP contribution is 2.60. The summed E-state index contributed by atoms with van der Waals surface area (Å²) in [6, 6.07) is 5.22. The summed E-state index contributed by atoms with van der Waals surface area (Å²) >= 11 is 1.08. The van der Waals surface area contributed by atoms with Gasteiger partial charge in [-0.1, -0.05) is 6.07 Å². The van der Waals surface area contributed by atoms with Gasteiger partial charge in [0.2, 0.25) is 0 Å². The zero-order valence-electron chi connectivity index (χ0n) is 19.8. The highest BCUT2D eigenvalue weighted by molar-refractivity contribution is 7.48. The van der Waals surface area contributed by atoms with Crippen LogP contribution >= 0.6 is 19.7 Å². The first kappa shape index (κ1) is 28.0.